The molecule has 8 heteroatoms. The van der Waals surface area contributed by atoms with Gasteiger partial charge in [-0.3, -0.25) is 0 Å². The van der Waals surface area contributed by atoms with E-state index in [0.717, 1.165) is 0 Å². The van der Waals surface area contributed by atoms with Crippen molar-refractivity contribution in [2.24, 2.45) is 0 Å². The van der Waals surface area contributed by atoms with E-state index in [9.17, 15) is 14.3 Å². The molecule has 0 saturated heterocycles. The van der Waals surface area contributed by atoms with Gasteiger partial charge in [-0.25, -0.2) is 4.21 Å². The lowest BCUT2D eigenvalue weighted by atomic mass is 10.4. The molecule has 2 N–H and O–H groups in total. The van der Waals surface area contributed by atoms with Crippen LogP contribution in [-0.2, 0) is 15.9 Å². The second-order valence-electron chi connectivity index (χ2n) is 1.62. The zero-order valence-electron chi connectivity index (χ0n) is 5.37. The van der Waals surface area contributed by atoms with Crippen LogP contribution in [0.5, 0.6) is 0 Å². The first kappa shape index (κ1) is 10.3. The summed E-state index contributed by atoms with van der Waals surface area (Å²) in [5.41, 5.74) is 0. The number of aliphatic hydroxyl groups is 1. The van der Waals surface area contributed by atoms with E-state index in [1.165, 1.54) is 0 Å². The molecule has 11 heavy (non-hydrogen) atoms. The summed E-state index contributed by atoms with van der Waals surface area (Å²) in [4.78, 5) is 13.5. The molecule has 0 fully saturated rings. The quantitative estimate of drug-likeness (QED) is 0.315. The molecule has 0 aromatic heterocycles. The Kier molecular flexibility index (Phi) is 4.66. The average molecular weight is 185 g/mol. The lowest BCUT2D eigenvalue weighted by Gasteiger charge is -2.07. The smallest absolute Gasteiger partial charge is 0.294 e. The van der Waals surface area contributed by atoms with Crippen molar-refractivity contribution < 1.29 is 23.8 Å². The van der Waals surface area contributed by atoms with Crippen LogP contribution in [0.4, 0.5) is 0 Å². The maximum atomic E-state index is 10.0. The Balaban J connectivity index is 3.76. The van der Waals surface area contributed by atoms with Crippen LogP contribution in [-0.4, -0.2) is 37.4 Å². The topological polar surface area (TPSA) is 110 Å². The van der Waals surface area contributed by atoms with Crippen LogP contribution < -0.4 is 0 Å². The molecule has 2 unspecified atom stereocenters. The maximum Gasteiger partial charge on any atom is 0.294 e. The van der Waals surface area contributed by atoms with E-state index in [2.05, 4.69) is 4.84 Å². The minimum absolute atomic E-state index is 0.475. The Morgan fingerprint density at radius 1 is 1.73 bits per heavy atom. The van der Waals surface area contributed by atoms with E-state index < -0.39 is 34.6 Å². The van der Waals surface area contributed by atoms with Gasteiger partial charge in [0.2, 0.25) is 0 Å². The van der Waals surface area contributed by atoms with Gasteiger partial charge in [-0.2, -0.15) is 0 Å². The van der Waals surface area contributed by atoms with Gasteiger partial charge in [-0.1, -0.05) is 0 Å². The molecule has 0 aliphatic carbocycles. The summed E-state index contributed by atoms with van der Waals surface area (Å²) in [5.74, 6) is -0.475. The normalized spacial score (nSPS) is 15.5. The standard InChI is InChI=1S/C3H7NO6S/c5-1-3(2-11(8)9)10-4(6)7/h3,5H,1-2H2,(H,8,9). The van der Waals surface area contributed by atoms with Crippen molar-refractivity contribution in [3.8, 4) is 0 Å². The number of aliphatic hydroxyl groups excluding tert-OH is 1. The van der Waals surface area contributed by atoms with E-state index in [-0.39, 0.29) is 0 Å². The summed E-state index contributed by atoms with van der Waals surface area (Å²) in [7, 11) is 0. The Bertz CT molecular complexity index is 144. The molecular weight excluding hydrogens is 178 g/mol. The molecule has 0 radical (unpaired) electrons. The van der Waals surface area contributed by atoms with Gasteiger partial charge in [0.25, 0.3) is 5.09 Å². The fourth-order valence-electron chi connectivity index (χ4n) is 0.397. The van der Waals surface area contributed by atoms with Crippen molar-refractivity contribution in [3.05, 3.63) is 10.1 Å². The second-order valence-corrected chi connectivity index (χ2v) is 2.60. The molecule has 0 aromatic carbocycles. The minimum atomic E-state index is -2.20. The third-order valence-corrected chi connectivity index (χ3v) is 1.42. The van der Waals surface area contributed by atoms with E-state index in [4.69, 9.17) is 9.66 Å². The van der Waals surface area contributed by atoms with Crippen molar-refractivity contribution in [3.63, 3.8) is 0 Å². The van der Waals surface area contributed by atoms with E-state index in [0.29, 0.717) is 0 Å². The van der Waals surface area contributed by atoms with Crippen molar-refractivity contribution in [1.82, 2.24) is 0 Å². The van der Waals surface area contributed by atoms with Crippen LogP contribution in [0.1, 0.15) is 0 Å². The lowest BCUT2D eigenvalue weighted by Crippen LogP contribution is -2.27. The molecule has 0 spiro atoms. The van der Waals surface area contributed by atoms with Crippen molar-refractivity contribution in [2.45, 2.75) is 6.10 Å². The number of hydrogen-bond acceptors (Lipinski definition) is 5. The Labute approximate surface area is 64.4 Å². The van der Waals surface area contributed by atoms with Crippen molar-refractivity contribution in [2.75, 3.05) is 12.4 Å². The summed E-state index contributed by atoms with van der Waals surface area (Å²) in [6.45, 7) is -0.659. The van der Waals surface area contributed by atoms with Gasteiger partial charge < -0.3 is 14.5 Å². The highest BCUT2D eigenvalue weighted by atomic mass is 32.2. The van der Waals surface area contributed by atoms with Gasteiger partial charge in [0.1, 0.15) is 6.10 Å². The third kappa shape index (κ3) is 5.70. The molecule has 0 amide bonds. The van der Waals surface area contributed by atoms with Crippen LogP contribution in [0.25, 0.3) is 0 Å². The zero-order valence-corrected chi connectivity index (χ0v) is 6.19. The summed E-state index contributed by atoms with van der Waals surface area (Å²) >= 11 is -2.20. The molecule has 0 rings (SSSR count). The molecule has 0 saturated carbocycles. The first-order chi connectivity index (χ1) is 5.06. The molecule has 2 atom stereocenters. The first-order valence-corrected chi connectivity index (χ1v) is 3.83. The minimum Gasteiger partial charge on any atom is -0.394 e. The second kappa shape index (κ2) is 4.99. The maximum absolute atomic E-state index is 10.0. The molecule has 0 aromatic rings. The number of hydrogen-bond donors (Lipinski definition) is 2. The first-order valence-electron chi connectivity index (χ1n) is 2.55. The van der Waals surface area contributed by atoms with Gasteiger partial charge in [-0.15, -0.1) is 10.1 Å². The van der Waals surface area contributed by atoms with Crippen LogP contribution in [0.15, 0.2) is 0 Å². The predicted octanol–water partition coefficient (Wildman–Crippen LogP) is -1.22. The largest absolute Gasteiger partial charge is 0.394 e. The molecular formula is C3H7NO6S. The molecule has 0 heterocycles. The van der Waals surface area contributed by atoms with Crippen LogP contribution >= 0.6 is 0 Å². The molecule has 7 nitrogen and oxygen atoms in total. The summed E-state index contributed by atoms with van der Waals surface area (Å²) < 4.78 is 18.3. The Hall–Kier alpha value is -0.730. The van der Waals surface area contributed by atoms with Crippen molar-refractivity contribution >= 4 is 11.1 Å². The number of rotatable bonds is 5. The summed E-state index contributed by atoms with van der Waals surface area (Å²) in [6, 6.07) is 0. The zero-order chi connectivity index (χ0) is 8.85. The van der Waals surface area contributed by atoms with E-state index in [1.54, 1.807) is 0 Å². The highest BCUT2D eigenvalue weighted by Gasteiger charge is 2.14. The van der Waals surface area contributed by atoms with E-state index in [1.807, 2.05) is 0 Å². The number of nitrogens with zero attached hydrogens (tertiary/aromatic N) is 1. The predicted molar refractivity (Wildman–Crippen MR) is 34.6 cm³/mol. The summed E-state index contributed by atoms with van der Waals surface area (Å²) in [5, 5.41) is 16.9. The fraction of sp³-hybridized carbons (Fsp3) is 1.00. The van der Waals surface area contributed by atoms with Gasteiger partial charge in [0.05, 0.1) is 12.4 Å². The van der Waals surface area contributed by atoms with Gasteiger partial charge in [0.15, 0.2) is 11.1 Å². The van der Waals surface area contributed by atoms with Crippen LogP contribution in [0, 0.1) is 10.1 Å². The highest BCUT2D eigenvalue weighted by molar-refractivity contribution is 7.79. The fourth-order valence-corrected chi connectivity index (χ4v) is 0.882. The van der Waals surface area contributed by atoms with Crippen LogP contribution in [0.2, 0.25) is 0 Å². The average Bonchev–Trinajstić information content (AvgIpc) is 1.84. The monoisotopic (exact) mass is 185 g/mol. The highest BCUT2D eigenvalue weighted by Crippen LogP contribution is 1.92. The SMILES string of the molecule is O=[N+]([O-])OC(CO)CS(=O)O. The molecule has 0 aliphatic rings. The van der Waals surface area contributed by atoms with Gasteiger partial charge in [-0.05, 0) is 0 Å². The van der Waals surface area contributed by atoms with Crippen molar-refractivity contribution in [1.29, 1.82) is 0 Å². The Morgan fingerprint density at radius 2 is 2.27 bits per heavy atom. The lowest BCUT2D eigenvalue weighted by molar-refractivity contribution is -0.767. The van der Waals surface area contributed by atoms with E-state index >= 15 is 0 Å². The molecule has 0 bridgehead atoms. The molecule has 0 aliphatic heterocycles. The molecule has 66 valence electrons. The van der Waals surface area contributed by atoms with Gasteiger partial charge in [0, 0.05) is 0 Å². The third-order valence-electron chi connectivity index (χ3n) is 0.767. The Morgan fingerprint density at radius 3 is 2.55 bits per heavy atom. The summed E-state index contributed by atoms with van der Waals surface area (Å²) in [6.07, 6.45) is -1.23. The van der Waals surface area contributed by atoms with Gasteiger partial charge >= 0.3 is 0 Å². The van der Waals surface area contributed by atoms with Crippen LogP contribution in [0.3, 0.4) is 0 Å².